The van der Waals surface area contributed by atoms with Gasteiger partial charge in [0.25, 0.3) is 5.91 Å². The van der Waals surface area contributed by atoms with Crippen molar-refractivity contribution in [3.05, 3.63) is 77.7 Å². The number of anilines is 2. The van der Waals surface area contributed by atoms with Crippen LogP contribution in [0.3, 0.4) is 0 Å². The third-order valence-corrected chi connectivity index (χ3v) is 4.97. The first kappa shape index (κ1) is 19.8. The summed E-state index contributed by atoms with van der Waals surface area (Å²) in [6, 6.07) is 15.0. The minimum absolute atomic E-state index is 0.00328. The summed E-state index contributed by atoms with van der Waals surface area (Å²) in [6.07, 6.45) is 0. The maximum absolute atomic E-state index is 12.4. The van der Waals surface area contributed by atoms with E-state index >= 15 is 0 Å². The lowest BCUT2D eigenvalue weighted by Crippen LogP contribution is -2.21. The number of rotatable bonds is 6. The smallest absolute Gasteiger partial charge is 0.335 e. The van der Waals surface area contributed by atoms with Gasteiger partial charge in [-0.2, -0.15) is 0 Å². The summed E-state index contributed by atoms with van der Waals surface area (Å²) < 4.78 is 0. The largest absolute Gasteiger partial charge is 0.478 e. The topological polar surface area (TPSA) is 122 Å². The monoisotopic (exact) mass is 407 g/mol. The molecule has 2 aromatic carbocycles. The molecule has 0 aliphatic carbocycles. The second-order valence-electron chi connectivity index (χ2n) is 6.01. The predicted molar refractivity (Wildman–Crippen MR) is 114 cm³/mol. The standard InChI is InChI=1S/C21H17N3O4S/c1-12(20(26)27)13-6-8-14(9-7-13)15-4-2-3-5-17(15)23-21(28)24-19-16(18(22)25)10-11-29-19/h2-11H,1H2,(H2,22,25)(H,26,27)(H2,23,24,28). The van der Waals surface area contributed by atoms with Crippen LogP contribution in [0.25, 0.3) is 16.7 Å². The van der Waals surface area contributed by atoms with Crippen LogP contribution in [0.15, 0.2) is 66.6 Å². The lowest BCUT2D eigenvalue weighted by Gasteiger charge is -2.12. The van der Waals surface area contributed by atoms with Crippen molar-refractivity contribution < 1.29 is 19.5 Å². The molecule has 0 aliphatic rings. The number of amides is 3. The summed E-state index contributed by atoms with van der Waals surface area (Å²) in [5.41, 5.74) is 8.12. The van der Waals surface area contributed by atoms with E-state index in [-0.39, 0.29) is 11.1 Å². The number of hydrogen-bond donors (Lipinski definition) is 4. The average Bonchev–Trinajstić information content (AvgIpc) is 3.16. The molecule has 3 amide bonds. The van der Waals surface area contributed by atoms with Crippen molar-refractivity contribution >= 4 is 45.5 Å². The zero-order valence-corrected chi connectivity index (χ0v) is 16.0. The number of nitrogens with two attached hydrogens (primary N) is 1. The Balaban J connectivity index is 1.81. The second kappa shape index (κ2) is 8.41. The molecular formula is C21H17N3O4S. The number of thiophene rings is 1. The maximum Gasteiger partial charge on any atom is 0.335 e. The number of urea groups is 1. The van der Waals surface area contributed by atoms with Crippen molar-refractivity contribution in [3.8, 4) is 11.1 Å². The average molecular weight is 407 g/mol. The van der Waals surface area contributed by atoms with E-state index in [2.05, 4.69) is 17.2 Å². The van der Waals surface area contributed by atoms with Crippen molar-refractivity contribution in [2.75, 3.05) is 10.6 Å². The number of para-hydroxylation sites is 1. The number of carbonyl (C=O) groups excluding carboxylic acids is 2. The summed E-state index contributed by atoms with van der Waals surface area (Å²) in [7, 11) is 0. The molecular weight excluding hydrogens is 390 g/mol. The van der Waals surface area contributed by atoms with Gasteiger partial charge in [-0.3, -0.25) is 10.1 Å². The normalized spacial score (nSPS) is 10.2. The van der Waals surface area contributed by atoms with Gasteiger partial charge in [0.15, 0.2) is 0 Å². The summed E-state index contributed by atoms with van der Waals surface area (Å²) in [6.45, 7) is 3.54. The number of carbonyl (C=O) groups is 3. The molecule has 0 bridgehead atoms. The Morgan fingerprint density at radius 2 is 1.66 bits per heavy atom. The zero-order chi connectivity index (χ0) is 21.0. The maximum atomic E-state index is 12.4. The van der Waals surface area contributed by atoms with Gasteiger partial charge in [-0.1, -0.05) is 49.0 Å². The molecule has 3 rings (SSSR count). The molecule has 5 N–H and O–H groups in total. The van der Waals surface area contributed by atoms with Gasteiger partial charge in [0.05, 0.1) is 16.8 Å². The zero-order valence-electron chi connectivity index (χ0n) is 15.1. The number of hydrogen-bond acceptors (Lipinski definition) is 4. The first-order valence-electron chi connectivity index (χ1n) is 8.44. The van der Waals surface area contributed by atoms with Gasteiger partial charge in [-0.25, -0.2) is 9.59 Å². The van der Waals surface area contributed by atoms with Crippen LogP contribution in [-0.2, 0) is 4.79 Å². The Bertz CT molecular complexity index is 1100. The lowest BCUT2D eigenvalue weighted by molar-refractivity contribution is -0.130. The van der Waals surface area contributed by atoms with E-state index in [0.29, 0.717) is 16.3 Å². The third-order valence-electron chi connectivity index (χ3n) is 4.14. The fourth-order valence-corrected chi connectivity index (χ4v) is 3.46. The Hall–Kier alpha value is -3.91. The van der Waals surface area contributed by atoms with Crippen molar-refractivity contribution in [1.29, 1.82) is 0 Å². The number of carboxylic acids is 1. The Morgan fingerprint density at radius 1 is 0.966 bits per heavy atom. The van der Waals surface area contributed by atoms with E-state index in [4.69, 9.17) is 10.8 Å². The van der Waals surface area contributed by atoms with Gasteiger partial charge in [0, 0.05) is 5.56 Å². The van der Waals surface area contributed by atoms with Crippen LogP contribution in [-0.4, -0.2) is 23.0 Å². The molecule has 29 heavy (non-hydrogen) atoms. The highest BCUT2D eigenvalue weighted by atomic mass is 32.1. The van der Waals surface area contributed by atoms with E-state index in [1.165, 1.54) is 11.3 Å². The molecule has 0 radical (unpaired) electrons. The van der Waals surface area contributed by atoms with Gasteiger partial charge in [-0.15, -0.1) is 11.3 Å². The molecule has 146 valence electrons. The number of carboxylic acid groups (broad SMARTS) is 1. The van der Waals surface area contributed by atoms with E-state index in [9.17, 15) is 14.4 Å². The number of aliphatic carboxylic acids is 1. The van der Waals surface area contributed by atoms with Crippen LogP contribution in [0.1, 0.15) is 15.9 Å². The first-order valence-corrected chi connectivity index (χ1v) is 9.32. The highest BCUT2D eigenvalue weighted by Crippen LogP contribution is 2.29. The highest BCUT2D eigenvalue weighted by Gasteiger charge is 2.14. The predicted octanol–water partition coefficient (Wildman–Crippen LogP) is 4.26. The molecule has 0 saturated heterocycles. The second-order valence-corrected chi connectivity index (χ2v) is 6.93. The fourth-order valence-electron chi connectivity index (χ4n) is 2.68. The van der Waals surface area contributed by atoms with E-state index in [1.807, 2.05) is 12.1 Å². The highest BCUT2D eigenvalue weighted by molar-refractivity contribution is 7.14. The molecule has 0 aliphatic heterocycles. The molecule has 1 aromatic heterocycles. The molecule has 0 saturated carbocycles. The summed E-state index contributed by atoms with van der Waals surface area (Å²) in [4.78, 5) is 34.9. The molecule has 8 heteroatoms. The number of nitrogens with one attached hydrogen (secondary N) is 2. The van der Waals surface area contributed by atoms with Crippen LogP contribution in [0.2, 0.25) is 0 Å². The van der Waals surface area contributed by atoms with Crippen LogP contribution >= 0.6 is 11.3 Å². The van der Waals surface area contributed by atoms with E-state index in [0.717, 1.165) is 11.1 Å². The van der Waals surface area contributed by atoms with Crippen LogP contribution in [0.5, 0.6) is 0 Å². The van der Waals surface area contributed by atoms with Crippen molar-refractivity contribution in [2.24, 2.45) is 5.73 Å². The molecule has 3 aromatic rings. The van der Waals surface area contributed by atoms with Gasteiger partial charge in [-0.05, 0) is 28.6 Å². The molecule has 0 unspecified atom stereocenters. The Labute approximate surface area is 170 Å². The van der Waals surface area contributed by atoms with Gasteiger partial charge < -0.3 is 16.2 Å². The van der Waals surface area contributed by atoms with Crippen molar-refractivity contribution in [3.63, 3.8) is 0 Å². The molecule has 0 atom stereocenters. The van der Waals surface area contributed by atoms with Gasteiger partial charge in [0.1, 0.15) is 5.00 Å². The lowest BCUT2D eigenvalue weighted by atomic mass is 10.00. The summed E-state index contributed by atoms with van der Waals surface area (Å²) >= 11 is 1.19. The minimum atomic E-state index is -1.08. The van der Waals surface area contributed by atoms with E-state index < -0.39 is 17.9 Å². The molecule has 0 spiro atoms. The minimum Gasteiger partial charge on any atom is -0.478 e. The van der Waals surface area contributed by atoms with Crippen molar-refractivity contribution in [1.82, 2.24) is 0 Å². The molecule has 0 fully saturated rings. The third kappa shape index (κ3) is 4.50. The summed E-state index contributed by atoms with van der Waals surface area (Å²) in [5, 5.41) is 16.5. The van der Waals surface area contributed by atoms with Crippen LogP contribution < -0.4 is 16.4 Å². The van der Waals surface area contributed by atoms with Crippen LogP contribution in [0.4, 0.5) is 15.5 Å². The van der Waals surface area contributed by atoms with E-state index in [1.54, 1.807) is 47.8 Å². The van der Waals surface area contributed by atoms with Gasteiger partial charge >= 0.3 is 12.0 Å². The van der Waals surface area contributed by atoms with Gasteiger partial charge in [0.2, 0.25) is 0 Å². The quantitative estimate of drug-likeness (QED) is 0.456. The Kier molecular flexibility index (Phi) is 5.75. The molecule has 7 nitrogen and oxygen atoms in total. The fraction of sp³-hybridized carbons (Fsp3) is 0. The van der Waals surface area contributed by atoms with Crippen molar-refractivity contribution in [2.45, 2.75) is 0 Å². The summed E-state index contributed by atoms with van der Waals surface area (Å²) in [5.74, 6) is -1.70. The number of primary amides is 1. The first-order chi connectivity index (χ1) is 13.9. The molecule has 1 heterocycles. The van der Waals surface area contributed by atoms with Crippen LogP contribution in [0, 0.1) is 0 Å². The Morgan fingerprint density at radius 3 is 2.31 bits per heavy atom. The SMILES string of the molecule is C=C(C(=O)O)c1ccc(-c2ccccc2NC(=O)Nc2sccc2C(N)=O)cc1. The number of benzene rings is 2.